The highest BCUT2D eigenvalue weighted by molar-refractivity contribution is 9.10. The van der Waals surface area contributed by atoms with E-state index >= 15 is 0 Å². The summed E-state index contributed by atoms with van der Waals surface area (Å²) in [5, 5.41) is 5.65. The van der Waals surface area contributed by atoms with Crippen molar-refractivity contribution in [3.8, 4) is 5.75 Å². The van der Waals surface area contributed by atoms with Crippen LogP contribution in [0, 0.1) is 0 Å². The van der Waals surface area contributed by atoms with Crippen molar-refractivity contribution in [2.75, 3.05) is 20.3 Å². The Morgan fingerprint density at radius 2 is 2.17 bits per heavy atom. The molecule has 0 N–H and O–H groups in total. The number of halogens is 1. The summed E-state index contributed by atoms with van der Waals surface area (Å²) in [4.78, 5) is 0. The normalized spacial score (nSPS) is 17.2. The van der Waals surface area contributed by atoms with E-state index in [0.29, 0.717) is 6.04 Å². The molecule has 1 aromatic carbocycles. The monoisotopic (exact) mass is 310 g/mol. The van der Waals surface area contributed by atoms with Crippen LogP contribution in [0.2, 0.25) is 0 Å². The van der Waals surface area contributed by atoms with Gasteiger partial charge in [-0.15, -0.1) is 0 Å². The molecular weight excluding hydrogens is 296 g/mol. The van der Waals surface area contributed by atoms with Crippen LogP contribution in [0.1, 0.15) is 18.9 Å². The molecule has 1 aromatic heterocycles. The molecule has 1 aliphatic rings. The number of hydrogen-bond acceptors (Lipinski definition) is 3. The Kier molecular flexibility index (Phi) is 3.26. The van der Waals surface area contributed by atoms with E-state index in [4.69, 9.17) is 9.47 Å². The molecule has 0 unspecified atom stereocenters. The molecule has 0 amide bonds. The third-order valence-corrected chi connectivity index (χ3v) is 4.03. The molecule has 0 bridgehead atoms. The maximum absolute atomic E-state index is 5.40. The Bertz CT molecular complexity index is 561. The van der Waals surface area contributed by atoms with Crippen molar-refractivity contribution in [3.63, 3.8) is 0 Å². The van der Waals surface area contributed by atoms with Crippen molar-refractivity contribution < 1.29 is 9.47 Å². The van der Waals surface area contributed by atoms with Crippen LogP contribution in [0.3, 0.4) is 0 Å². The molecular formula is C13H15BrN2O2. The highest BCUT2D eigenvalue weighted by Crippen LogP contribution is 2.32. The number of rotatable bonds is 2. The van der Waals surface area contributed by atoms with Crippen molar-refractivity contribution in [1.29, 1.82) is 0 Å². The molecule has 96 valence electrons. The van der Waals surface area contributed by atoms with Crippen molar-refractivity contribution in [3.05, 3.63) is 22.8 Å². The summed E-state index contributed by atoms with van der Waals surface area (Å²) in [5.74, 6) is 0.844. The first-order chi connectivity index (χ1) is 8.79. The van der Waals surface area contributed by atoms with Crippen molar-refractivity contribution in [1.82, 2.24) is 9.78 Å². The highest BCUT2D eigenvalue weighted by Gasteiger charge is 2.19. The molecule has 0 aliphatic carbocycles. The molecule has 1 fully saturated rings. The lowest BCUT2D eigenvalue weighted by molar-refractivity contribution is 0.0675. The second-order valence-electron chi connectivity index (χ2n) is 4.48. The third-order valence-electron chi connectivity index (χ3n) is 3.41. The average Bonchev–Trinajstić information content (AvgIpc) is 2.81. The van der Waals surface area contributed by atoms with Crippen molar-refractivity contribution in [2.24, 2.45) is 0 Å². The zero-order valence-corrected chi connectivity index (χ0v) is 11.8. The first-order valence-electron chi connectivity index (χ1n) is 6.08. The molecule has 5 heteroatoms. The van der Waals surface area contributed by atoms with E-state index in [1.807, 2.05) is 12.3 Å². The van der Waals surface area contributed by atoms with Gasteiger partial charge in [-0.3, -0.25) is 4.68 Å². The summed E-state index contributed by atoms with van der Waals surface area (Å²) < 4.78 is 13.8. The van der Waals surface area contributed by atoms with Gasteiger partial charge in [-0.2, -0.15) is 5.10 Å². The summed E-state index contributed by atoms with van der Waals surface area (Å²) in [6.07, 6.45) is 3.96. The summed E-state index contributed by atoms with van der Waals surface area (Å²) in [5.41, 5.74) is 1.13. The van der Waals surface area contributed by atoms with E-state index < -0.39 is 0 Å². The molecule has 18 heavy (non-hydrogen) atoms. The van der Waals surface area contributed by atoms with Gasteiger partial charge in [0.1, 0.15) is 5.75 Å². The van der Waals surface area contributed by atoms with Gasteiger partial charge in [0.05, 0.1) is 29.3 Å². The smallest absolute Gasteiger partial charge is 0.135 e. The summed E-state index contributed by atoms with van der Waals surface area (Å²) in [6, 6.07) is 4.53. The minimum absolute atomic E-state index is 0.433. The average molecular weight is 311 g/mol. The minimum atomic E-state index is 0.433. The fourth-order valence-electron chi connectivity index (χ4n) is 2.42. The summed E-state index contributed by atoms with van der Waals surface area (Å²) in [6.45, 7) is 1.64. The molecule has 4 nitrogen and oxygen atoms in total. The number of nitrogens with zero attached hydrogens (tertiary/aromatic N) is 2. The maximum atomic E-state index is 5.40. The van der Waals surface area contributed by atoms with Gasteiger partial charge in [-0.05, 0) is 34.8 Å². The second-order valence-corrected chi connectivity index (χ2v) is 5.33. The quantitative estimate of drug-likeness (QED) is 0.855. The molecule has 0 saturated carbocycles. The number of fused-ring (bicyclic) bond motifs is 1. The van der Waals surface area contributed by atoms with Crippen LogP contribution in [-0.2, 0) is 4.74 Å². The number of ether oxygens (including phenoxy) is 2. The zero-order chi connectivity index (χ0) is 12.5. The van der Waals surface area contributed by atoms with Crippen LogP contribution in [0.5, 0.6) is 5.75 Å². The van der Waals surface area contributed by atoms with Crippen LogP contribution < -0.4 is 4.74 Å². The first-order valence-corrected chi connectivity index (χ1v) is 6.87. The molecule has 0 atom stereocenters. The predicted molar refractivity (Wildman–Crippen MR) is 73.1 cm³/mol. The number of methoxy groups -OCH3 is 1. The molecule has 0 radical (unpaired) electrons. The predicted octanol–water partition coefficient (Wildman–Crippen LogP) is 3.16. The minimum Gasteiger partial charge on any atom is -0.495 e. The molecule has 3 rings (SSSR count). The highest BCUT2D eigenvalue weighted by atomic mass is 79.9. The first kappa shape index (κ1) is 12.0. The Morgan fingerprint density at radius 3 is 2.89 bits per heavy atom. The van der Waals surface area contributed by atoms with Gasteiger partial charge in [0.2, 0.25) is 0 Å². The molecule has 2 aromatic rings. The topological polar surface area (TPSA) is 36.3 Å². The van der Waals surface area contributed by atoms with Gasteiger partial charge < -0.3 is 9.47 Å². The lowest BCUT2D eigenvalue weighted by Gasteiger charge is -2.23. The van der Waals surface area contributed by atoms with Crippen molar-refractivity contribution in [2.45, 2.75) is 18.9 Å². The molecule has 0 spiro atoms. The van der Waals surface area contributed by atoms with Crippen LogP contribution >= 0.6 is 15.9 Å². The zero-order valence-electron chi connectivity index (χ0n) is 10.2. The van der Waals surface area contributed by atoms with E-state index in [1.54, 1.807) is 7.11 Å². The van der Waals surface area contributed by atoms with E-state index in [9.17, 15) is 0 Å². The molecule has 1 aliphatic heterocycles. The summed E-state index contributed by atoms with van der Waals surface area (Å²) in [7, 11) is 1.68. The Labute approximate surface area is 114 Å². The molecule has 2 heterocycles. The van der Waals surface area contributed by atoms with E-state index in [-0.39, 0.29) is 0 Å². The van der Waals surface area contributed by atoms with Gasteiger partial charge in [-0.25, -0.2) is 0 Å². The SMILES string of the molecule is COc1cc2c(cnn2C2CCOCC2)cc1Br. The largest absolute Gasteiger partial charge is 0.495 e. The van der Waals surface area contributed by atoms with Crippen LogP contribution in [0.15, 0.2) is 22.8 Å². The van der Waals surface area contributed by atoms with Crippen LogP contribution in [-0.4, -0.2) is 30.1 Å². The van der Waals surface area contributed by atoms with Gasteiger partial charge in [0.25, 0.3) is 0 Å². The lowest BCUT2D eigenvalue weighted by Crippen LogP contribution is -2.20. The van der Waals surface area contributed by atoms with Gasteiger partial charge in [0.15, 0.2) is 0 Å². The Hall–Kier alpha value is -1.07. The van der Waals surface area contributed by atoms with E-state index in [1.165, 1.54) is 0 Å². The Balaban J connectivity index is 2.06. The second kappa shape index (κ2) is 4.90. The third kappa shape index (κ3) is 2.01. The fourth-order valence-corrected chi connectivity index (χ4v) is 2.95. The summed E-state index contributed by atoms with van der Waals surface area (Å²) >= 11 is 3.50. The van der Waals surface area contributed by atoms with E-state index in [2.05, 4.69) is 31.8 Å². The lowest BCUT2D eigenvalue weighted by atomic mass is 10.1. The fraction of sp³-hybridized carbons (Fsp3) is 0.462. The van der Waals surface area contributed by atoms with Crippen LogP contribution in [0.25, 0.3) is 10.9 Å². The Morgan fingerprint density at radius 1 is 1.39 bits per heavy atom. The number of aromatic nitrogens is 2. The van der Waals surface area contributed by atoms with Crippen LogP contribution in [0.4, 0.5) is 0 Å². The molecule has 1 saturated heterocycles. The van der Waals surface area contributed by atoms with Gasteiger partial charge >= 0.3 is 0 Å². The van der Waals surface area contributed by atoms with E-state index in [0.717, 1.165) is 47.2 Å². The standard InChI is InChI=1S/C13H15BrN2O2/c1-17-13-7-12-9(6-11(13)14)8-15-16(12)10-2-4-18-5-3-10/h6-8,10H,2-5H2,1H3. The van der Waals surface area contributed by atoms with Crippen molar-refractivity contribution >= 4 is 26.8 Å². The maximum Gasteiger partial charge on any atom is 0.135 e. The number of benzene rings is 1. The van der Waals surface area contributed by atoms with Gasteiger partial charge in [-0.1, -0.05) is 0 Å². The van der Waals surface area contributed by atoms with Gasteiger partial charge in [0, 0.05) is 24.7 Å². The number of hydrogen-bond donors (Lipinski definition) is 0.